The number of furan rings is 2. The molecular weight excluding hydrogens is 1470 g/mol. The van der Waals surface area contributed by atoms with Gasteiger partial charge in [-0.1, -0.05) is 297 Å². The first-order chi connectivity index (χ1) is 58.5. The lowest BCUT2D eigenvalue weighted by atomic mass is 10.0. The minimum absolute atomic E-state index is 0.502. The largest absolute Gasteiger partial charge is 0.455 e. The van der Waals surface area contributed by atoms with Crippen molar-refractivity contribution < 1.29 is 8.83 Å². The van der Waals surface area contributed by atoms with Gasteiger partial charge >= 0.3 is 0 Å². The third-order valence-electron chi connectivity index (χ3n) is 21.3. The van der Waals surface area contributed by atoms with Crippen molar-refractivity contribution in [1.29, 1.82) is 0 Å². The smallest absolute Gasteiger partial charge is 0.167 e. The van der Waals surface area contributed by atoms with E-state index in [1.54, 1.807) is 11.3 Å². The molecule has 0 N–H and O–H groups in total. The van der Waals surface area contributed by atoms with Gasteiger partial charge in [0.15, 0.2) is 69.9 Å². The molecule has 0 unspecified atom stereocenters. The molecule has 0 bridgehead atoms. The van der Waals surface area contributed by atoms with Crippen LogP contribution in [0.4, 0.5) is 0 Å². The highest BCUT2D eigenvalue weighted by Crippen LogP contribution is 2.45. The molecule has 0 amide bonds. The van der Waals surface area contributed by atoms with Crippen LogP contribution < -0.4 is 0 Å². The molecule has 15 aromatic carbocycles. The Hall–Kier alpha value is -16.0. The second kappa shape index (κ2) is 29.2. The van der Waals surface area contributed by atoms with E-state index in [1.165, 1.54) is 25.6 Å². The van der Waals surface area contributed by atoms with E-state index in [0.717, 1.165) is 110 Å². The van der Waals surface area contributed by atoms with Crippen LogP contribution in [0.5, 0.6) is 0 Å². The lowest BCUT2D eigenvalue weighted by molar-refractivity contribution is 0.669. The summed E-state index contributed by atoms with van der Waals surface area (Å²) in [5.41, 5.74) is 16.4. The molecule has 118 heavy (non-hydrogen) atoms. The minimum Gasteiger partial charge on any atom is -0.455 e. The highest BCUT2D eigenvalue weighted by Gasteiger charge is 2.26. The van der Waals surface area contributed by atoms with Crippen molar-refractivity contribution in [2.45, 2.75) is 0 Å². The number of benzene rings is 15. The average molecular weight is 1530 g/mol. The molecule has 0 saturated heterocycles. The van der Waals surface area contributed by atoms with Crippen LogP contribution in [0.15, 0.2) is 379 Å². The van der Waals surface area contributed by atoms with Crippen molar-refractivity contribution in [3.63, 3.8) is 0 Å². The summed E-state index contributed by atoms with van der Waals surface area (Å²) in [4.78, 5) is 60.8. The van der Waals surface area contributed by atoms with Gasteiger partial charge in [-0.3, -0.25) is 0 Å². The number of para-hydroxylation sites is 4. The molecule has 0 atom stereocenters. The predicted octanol–water partition coefficient (Wildman–Crippen LogP) is 25.4. The van der Waals surface area contributed by atoms with Crippen LogP contribution >= 0.6 is 11.3 Å². The number of aromatic nitrogens is 13. The topological polar surface area (TPSA) is 186 Å². The molecule has 16 heteroatoms. The molecule has 15 nitrogen and oxygen atoms in total. The first kappa shape index (κ1) is 68.7. The molecule has 0 saturated carbocycles. The van der Waals surface area contributed by atoms with Gasteiger partial charge in [0.05, 0.1) is 22.2 Å². The molecule has 23 rings (SSSR count). The number of thiophene rings is 1. The summed E-state index contributed by atoms with van der Waals surface area (Å²) >= 11 is 1.79. The Balaban J connectivity index is 0.000000143. The lowest BCUT2D eigenvalue weighted by Crippen LogP contribution is -2.01. The molecule has 0 aliphatic heterocycles. The van der Waals surface area contributed by atoms with Gasteiger partial charge in [-0.2, -0.15) is 0 Å². The summed E-state index contributed by atoms with van der Waals surface area (Å²) in [7, 11) is 0. The summed E-state index contributed by atoms with van der Waals surface area (Å²) in [6.07, 6.45) is 0. The van der Waals surface area contributed by atoms with E-state index in [-0.39, 0.29) is 0 Å². The van der Waals surface area contributed by atoms with E-state index >= 15 is 0 Å². The van der Waals surface area contributed by atoms with Crippen LogP contribution in [-0.2, 0) is 0 Å². The zero-order valence-electron chi connectivity index (χ0n) is 62.8. The molecule has 0 spiro atoms. The van der Waals surface area contributed by atoms with Crippen molar-refractivity contribution in [2.75, 3.05) is 0 Å². The van der Waals surface area contributed by atoms with Crippen molar-refractivity contribution >= 4 is 97.2 Å². The first-order valence-electron chi connectivity index (χ1n) is 38.7. The fourth-order valence-corrected chi connectivity index (χ4v) is 16.9. The van der Waals surface area contributed by atoms with Crippen molar-refractivity contribution in [2.24, 2.45) is 0 Å². The molecule has 0 aliphatic carbocycles. The maximum atomic E-state index is 6.80. The van der Waals surface area contributed by atoms with Crippen LogP contribution in [0.1, 0.15) is 0 Å². The summed E-state index contributed by atoms with van der Waals surface area (Å²) in [6.45, 7) is 0. The fourth-order valence-electron chi connectivity index (χ4n) is 15.8. The lowest BCUT2D eigenvalue weighted by Gasteiger charge is -2.10. The van der Waals surface area contributed by atoms with Gasteiger partial charge in [0.2, 0.25) is 0 Å². The highest BCUT2D eigenvalue weighted by molar-refractivity contribution is 7.25. The normalized spacial score (nSPS) is 11.6. The number of hydrogen-bond donors (Lipinski definition) is 0. The summed E-state index contributed by atoms with van der Waals surface area (Å²) in [5, 5.41) is 8.34. The van der Waals surface area contributed by atoms with E-state index in [0.29, 0.717) is 92.2 Å². The second-order valence-corrected chi connectivity index (χ2v) is 29.7. The molecule has 23 aromatic rings. The van der Waals surface area contributed by atoms with E-state index < -0.39 is 0 Å². The van der Waals surface area contributed by atoms with Gasteiger partial charge in [0, 0.05) is 114 Å². The number of hydrogen-bond acceptors (Lipinski definition) is 15. The zero-order chi connectivity index (χ0) is 78.0. The maximum Gasteiger partial charge on any atom is 0.167 e. The molecule has 8 aromatic heterocycles. The quantitative estimate of drug-likeness (QED) is 0.106. The van der Waals surface area contributed by atoms with E-state index in [2.05, 4.69) is 126 Å². The number of rotatable bonds is 13. The van der Waals surface area contributed by atoms with Crippen LogP contribution in [0.3, 0.4) is 0 Å². The molecule has 0 fully saturated rings. The minimum atomic E-state index is 0.502. The van der Waals surface area contributed by atoms with Crippen LogP contribution in [0, 0.1) is 0 Å². The van der Waals surface area contributed by atoms with Crippen LogP contribution in [0.2, 0.25) is 0 Å². The number of fused-ring (bicyclic) bond motifs is 12. The third-order valence-corrected chi connectivity index (χ3v) is 22.5. The number of nitrogens with zero attached hydrogens (tertiary/aromatic N) is 13. The first-order valence-corrected chi connectivity index (χ1v) is 39.6. The van der Waals surface area contributed by atoms with Gasteiger partial charge in [0.1, 0.15) is 22.3 Å². The summed E-state index contributed by atoms with van der Waals surface area (Å²) < 4.78 is 18.3. The second-order valence-electron chi connectivity index (χ2n) is 28.6. The predicted molar refractivity (Wildman–Crippen MR) is 473 cm³/mol. The van der Waals surface area contributed by atoms with Crippen LogP contribution in [-0.4, -0.2) is 64.4 Å². The monoisotopic (exact) mass is 1530 g/mol. The molecular formula is C102H61N13O2S. The van der Waals surface area contributed by atoms with E-state index in [1.807, 2.05) is 249 Å². The van der Waals surface area contributed by atoms with Crippen LogP contribution in [0.25, 0.3) is 228 Å². The Morgan fingerprint density at radius 2 is 0.500 bits per heavy atom. The molecule has 0 radical (unpaired) electrons. The molecule has 552 valence electrons. The summed E-state index contributed by atoms with van der Waals surface area (Å²) in [6, 6.07) is 125. The summed E-state index contributed by atoms with van der Waals surface area (Å²) in [5.74, 6) is 6.80. The zero-order valence-corrected chi connectivity index (χ0v) is 63.6. The Morgan fingerprint density at radius 1 is 0.195 bits per heavy atom. The van der Waals surface area contributed by atoms with Crippen molar-refractivity contribution in [3.05, 3.63) is 370 Å². The van der Waals surface area contributed by atoms with E-state index in [9.17, 15) is 0 Å². The van der Waals surface area contributed by atoms with Crippen molar-refractivity contribution in [1.82, 2.24) is 64.4 Å². The Morgan fingerprint density at radius 3 is 0.932 bits per heavy atom. The SMILES string of the molecule is c1ccc(-c2nc(-c3ccc4c5ccccc5n(-c5ccccc5)c4c3)nc(-c3cccc4c3oc3cccc(-c5nc(-c6ccccc6)nc(-c6ccccc6)n5)c34)n2)cc1.c1ccc(-c2nc(-c3ccc4sc5ccccc5c4c3)nc(-c3cccc4c3oc3cccc(-c5nc(-c6ccccc6)nc(-c6ccccc6)n5)c34)n2)cc1. The standard InChI is InChI=1S/C54H33N7O.C48H28N6OS/c1-5-17-34(18-6-1)49-55-50(35-19-7-2-8-20-35)58-53(57-49)42-27-16-30-46-47(42)41-26-15-28-43(48(41)62-46)54-59-51(36-21-9-3-10-22-36)56-52(60-54)37-31-32-40-39-25-13-14-29-44(39)61(45(40)33-37)38-23-11-4-12-24-38;1-4-14-29(15-5-1)43-49-44(30-16-6-2-7-17-30)52-47(51-43)35-22-13-24-38-41(35)34-21-12-23-36(42(34)55-38)48-53-45(31-18-8-3-9-19-31)50-46(54-48)32-26-27-40-37(28-32)33-20-10-11-25-39(33)56-40/h1-33H;1-28H. The van der Waals surface area contributed by atoms with Gasteiger partial charge in [0.25, 0.3) is 0 Å². The molecule has 8 heterocycles. The van der Waals surface area contributed by atoms with E-state index in [4.69, 9.17) is 68.6 Å². The Kier molecular flexibility index (Phi) is 17.0. The van der Waals surface area contributed by atoms with Gasteiger partial charge in [-0.15, -0.1) is 11.3 Å². The third kappa shape index (κ3) is 12.5. The Bertz CT molecular complexity index is 7690. The highest BCUT2D eigenvalue weighted by atomic mass is 32.1. The van der Waals surface area contributed by atoms with Gasteiger partial charge in [-0.25, -0.2) is 59.8 Å². The maximum absolute atomic E-state index is 6.80. The van der Waals surface area contributed by atoms with Gasteiger partial charge in [-0.05, 0) is 72.8 Å². The van der Waals surface area contributed by atoms with Crippen molar-refractivity contribution in [3.8, 4) is 142 Å². The van der Waals surface area contributed by atoms with Gasteiger partial charge < -0.3 is 13.4 Å². The fraction of sp³-hybridized carbons (Fsp3) is 0. The molecule has 0 aliphatic rings. The Labute approximate surface area is 678 Å². The average Bonchev–Trinajstić information content (AvgIpc) is 1.58.